The second-order valence-electron chi connectivity index (χ2n) is 7.19. The van der Waals surface area contributed by atoms with Crippen LogP contribution in [0.25, 0.3) is 5.52 Å². The fourth-order valence-corrected chi connectivity index (χ4v) is 3.49. The van der Waals surface area contributed by atoms with Gasteiger partial charge in [-0.2, -0.15) is 5.10 Å². The number of hydrazone groups is 1. The van der Waals surface area contributed by atoms with Crippen molar-refractivity contribution in [2.75, 3.05) is 11.9 Å². The average Bonchev–Trinajstić information content (AvgIpc) is 3.10. The minimum atomic E-state index is -0.399. The van der Waals surface area contributed by atoms with Crippen molar-refractivity contribution in [2.24, 2.45) is 5.10 Å². The number of carbonyl (C=O) groups excluding carboxylic acids is 2. The molecular formula is C25H21FN4O2. The van der Waals surface area contributed by atoms with Gasteiger partial charge in [-0.1, -0.05) is 24.3 Å². The fourth-order valence-electron chi connectivity index (χ4n) is 3.49. The molecule has 2 aromatic carbocycles. The van der Waals surface area contributed by atoms with Gasteiger partial charge < -0.3 is 9.72 Å². The third-order valence-electron chi connectivity index (χ3n) is 5.07. The molecular weight excluding hydrogens is 407 g/mol. The number of hydrogen-bond donors (Lipinski definition) is 2. The van der Waals surface area contributed by atoms with E-state index in [2.05, 4.69) is 15.8 Å². The molecule has 0 fully saturated rings. The molecule has 4 aromatic rings. The van der Waals surface area contributed by atoms with E-state index >= 15 is 0 Å². The van der Waals surface area contributed by atoms with E-state index in [1.807, 2.05) is 55.5 Å². The maximum absolute atomic E-state index is 13.3. The van der Waals surface area contributed by atoms with E-state index in [1.54, 1.807) is 10.6 Å². The second-order valence-corrected chi connectivity index (χ2v) is 7.19. The van der Waals surface area contributed by atoms with Gasteiger partial charge in [-0.3, -0.25) is 9.59 Å². The summed E-state index contributed by atoms with van der Waals surface area (Å²) in [5, 5.41) is 7.10. The quantitative estimate of drug-likeness (QED) is 0.263. The second kappa shape index (κ2) is 9.26. The number of pyridine rings is 1. The van der Waals surface area contributed by atoms with E-state index in [0.29, 0.717) is 22.4 Å². The summed E-state index contributed by atoms with van der Waals surface area (Å²) < 4.78 is 15.1. The van der Waals surface area contributed by atoms with E-state index in [4.69, 9.17) is 0 Å². The Morgan fingerprint density at radius 3 is 2.47 bits per heavy atom. The van der Waals surface area contributed by atoms with Crippen molar-refractivity contribution in [3.8, 4) is 0 Å². The molecule has 32 heavy (non-hydrogen) atoms. The zero-order chi connectivity index (χ0) is 22.5. The van der Waals surface area contributed by atoms with Crippen molar-refractivity contribution >= 4 is 29.1 Å². The predicted octanol–water partition coefficient (Wildman–Crippen LogP) is 4.18. The molecule has 0 saturated heterocycles. The van der Waals surface area contributed by atoms with Crippen LogP contribution in [0.15, 0.2) is 84.1 Å². The first-order chi connectivity index (χ1) is 15.5. The highest BCUT2D eigenvalue weighted by Crippen LogP contribution is 2.24. The third kappa shape index (κ3) is 4.41. The van der Waals surface area contributed by atoms with Crippen LogP contribution in [-0.4, -0.2) is 28.9 Å². The van der Waals surface area contributed by atoms with Gasteiger partial charge in [0.15, 0.2) is 0 Å². The highest BCUT2D eigenvalue weighted by Gasteiger charge is 2.20. The normalized spacial score (nSPS) is 11.1. The predicted molar refractivity (Wildman–Crippen MR) is 123 cm³/mol. The minimum absolute atomic E-state index is 0.0746. The van der Waals surface area contributed by atoms with Crippen LogP contribution in [0.4, 0.5) is 10.1 Å². The lowest BCUT2D eigenvalue weighted by Gasteiger charge is -2.04. The summed E-state index contributed by atoms with van der Waals surface area (Å²) in [4.78, 5) is 25.2. The molecule has 0 aliphatic carbocycles. The van der Waals surface area contributed by atoms with Gasteiger partial charge in [0.25, 0.3) is 5.91 Å². The van der Waals surface area contributed by atoms with Crippen LogP contribution in [0.1, 0.15) is 27.2 Å². The number of hydrogen-bond acceptors (Lipinski definition) is 4. The van der Waals surface area contributed by atoms with Gasteiger partial charge in [0.1, 0.15) is 5.82 Å². The Labute approximate surface area is 184 Å². The molecule has 0 radical (unpaired) electrons. The van der Waals surface area contributed by atoms with E-state index in [9.17, 15) is 14.0 Å². The summed E-state index contributed by atoms with van der Waals surface area (Å²) in [6.07, 6.45) is 3.32. The van der Waals surface area contributed by atoms with Crippen LogP contribution in [0.2, 0.25) is 0 Å². The highest BCUT2D eigenvalue weighted by atomic mass is 19.1. The molecule has 0 aliphatic heterocycles. The van der Waals surface area contributed by atoms with Gasteiger partial charge >= 0.3 is 0 Å². The van der Waals surface area contributed by atoms with Gasteiger partial charge in [0.2, 0.25) is 5.78 Å². The number of rotatable bonds is 7. The molecule has 0 saturated carbocycles. The molecule has 4 rings (SSSR count). The molecule has 6 nitrogen and oxygen atoms in total. The molecule has 2 N–H and O–H groups in total. The summed E-state index contributed by atoms with van der Waals surface area (Å²) in [5.41, 5.74) is 6.40. The fraction of sp³-hybridized carbons (Fsp3) is 0.0800. The third-order valence-corrected chi connectivity index (χ3v) is 5.07. The first-order valence-corrected chi connectivity index (χ1v) is 10.1. The number of aromatic nitrogens is 1. The topological polar surface area (TPSA) is 75.0 Å². The van der Waals surface area contributed by atoms with Crippen LogP contribution in [0.3, 0.4) is 0 Å². The Morgan fingerprint density at radius 2 is 1.72 bits per heavy atom. The Bertz CT molecular complexity index is 1300. The Kier molecular flexibility index (Phi) is 6.07. The largest absolute Gasteiger partial charge is 0.376 e. The van der Waals surface area contributed by atoms with Crippen molar-refractivity contribution in [1.82, 2.24) is 9.83 Å². The number of carbonyl (C=O) groups is 2. The molecule has 7 heteroatoms. The van der Waals surface area contributed by atoms with E-state index in [-0.39, 0.29) is 18.2 Å². The molecule has 0 spiro atoms. The number of ketones is 1. The maximum atomic E-state index is 13.3. The zero-order valence-electron chi connectivity index (χ0n) is 17.4. The summed E-state index contributed by atoms with van der Waals surface area (Å²) in [6.45, 7) is 1.90. The van der Waals surface area contributed by atoms with Crippen molar-refractivity contribution in [1.29, 1.82) is 0 Å². The number of nitrogens with zero attached hydrogens (tertiary/aromatic N) is 2. The van der Waals surface area contributed by atoms with Crippen LogP contribution in [0, 0.1) is 12.7 Å². The van der Waals surface area contributed by atoms with Gasteiger partial charge in [0, 0.05) is 23.0 Å². The Hall–Kier alpha value is -4.26. The zero-order valence-corrected chi connectivity index (χ0v) is 17.4. The average molecular weight is 428 g/mol. The first kappa shape index (κ1) is 21.0. The van der Waals surface area contributed by atoms with Crippen molar-refractivity contribution < 1.29 is 14.0 Å². The summed E-state index contributed by atoms with van der Waals surface area (Å²) in [5.74, 6) is -0.920. The van der Waals surface area contributed by atoms with E-state index < -0.39 is 5.82 Å². The minimum Gasteiger partial charge on any atom is -0.376 e. The van der Waals surface area contributed by atoms with Crippen LogP contribution in [0.5, 0.6) is 0 Å². The lowest BCUT2D eigenvalue weighted by molar-refractivity contribution is -0.119. The van der Waals surface area contributed by atoms with Gasteiger partial charge in [-0.05, 0) is 61.0 Å². The van der Waals surface area contributed by atoms with Gasteiger partial charge in [-0.15, -0.1) is 0 Å². The molecule has 2 aromatic heterocycles. The molecule has 0 atom stereocenters. The van der Waals surface area contributed by atoms with E-state index in [1.165, 1.54) is 30.5 Å². The van der Waals surface area contributed by atoms with Crippen molar-refractivity contribution in [3.63, 3.8) is 0 Å². The number of fused-ring (bicyclic) bond motifs is 1. The molecule has 0 unspecified atom stereocenters. The lowest BCUT2D eigenvalue weighted by atomic mass is 10.0. The van der Waals surface area contributed by atoms with Crippen molar-refractivity contribution in [2.45, 2.75) is 6.92 Å². The molecule has 0 bridgehead atoms. The van der Waals surface area contributed by atoms with Crippen LogP contribution in [-0.2, 0) is 4.79 Å². The lowest BCUT2D eigenvalue weighted by Crippen LogP contribution is -2.25. The summed E-state index contributed by atoms with van der Waals surface area (Å²) in [6, 6.07) is 20.4. The summed E-state index contributed by atoms with van der Waals surface area (Å²) >= 11 is 0. The summed E-state index contributed by atoms with van der Waals surface area (Å²) in [7, 11) is 0. The standard InChI is InChI=1S/C25H21FN4O2/c1-17-21(15-28-29-23(31)16-27-20-7-3-2-4-8-20)22-9-5-6-14-30(22)24(17)25(32)18-10-12-19(26)13-11-18/h2-15,27H,16H2,1H3,(H,29,31)/b28-15+. The Morgan fingerprint density at radius 1 is 1.00 bits per heavy atom. The Balaban J connectivity index is 1.55. The van der Waals surface area contributed by atoms with Crippen LogP contribution < -0.4 is 10.7 Å². The molecule has 160 valence electrons. The smallest absolute Gasteiger partial charge is 0.259 e. The number of para-hydroxylation sites is 1. The number of nitrogens with one attached hydrogen (secondary N) is 2. The number of anilines is 1. The van der Waals surface area contributed by atoms with Crippen LogP contribution >= 0.6 is 0 Å². The molecule has 1 amide bonds. The van der Waals surface area contributed by atoms with Gasteiger partial charge in [0.05, 0.1) is 24.0 Å². The maximum Gasteiger partial charge on any atom is 0.259 e. The number of halogens is 1. The van der Waals surface area contributed by atoms with Crippen molar-refractivity contribution in [3.05, 3.63) is 107 Å². The molecule has 2 heterocycles. The monoisotopic (exact) mass is 428 g/mol. The highest BCUT2D eigenvalue weighted by molar-refractivity contribution is 6.12. The molecule has 0 aliphatic rings. The first-order valence-electron chi connectivity index (χ1n) is 10.1. The van der Waals surface area contributed by atoms with E-state index in [0.717, 1.165) is 11.2 Å². The van der Waals surface area contributed by atoms with Gasteiger partial charge in [-0.25, -0.2) is 9.82 Å². The number of amides is 1. The number of benzene rings is 2. The SMILES string of the molecule is Cc1c(/C=N/NC(=O)CNc2ccccc2)c2ccccn2c1C(=O)c1ccc(F)cc1.